The van der Waals surface area contributed by atoms with Crippen molar-refractivity contribution in [2.75, 3.05) is 0 Å². The molecule has 1 aromatic heterocycles. The highest BCUT2D eigenvalue weighted by Crippen LogP contribution is 2.28. The number of benzene rings is 2. The monoisotopic (exact) mass is 321 g/mol. The molecule has 5 heteroatoms. The molecule has 5 nitrogen and oxygen atoms in total. The number of nitrogens with zero attached hydrogens (tertiary/aromatic N) is 1. The van der Waals surface area contributed by atoms with Gasteiger partial charge in [-0.25, -0.2) is 4.79 Å². The van der Waals surface area contributed by atoms with Gasteiger partial charge in [-0.05, 0) is 25.1 Å². The number of hydrogen-bond donors (Lipinski definition) is 0. The number of nitriles is 1. The van der Waals surface area contributed by atoms with E-state index in [1.165, 1.54) is 6.92 Å². The number of rotatable bonds is 5. The fraction of sp³-hybridized carbons (Fsp3) is 0.158. The number of carbonyl (C=O) groups is 1. The van der Waals surface area contributed by atoms with E-state index in [1.807, 2.05) is 54.6 Å². The molecule has 120 valence electrons. The summed E-state index contributed by atoms with van der Waals surface area (Å²) in [5.74, 6) is 0.0774. The standard InChI is InChI=1S/C19H15NO4/c1-13(11-20)23-19(21)18-16(12-22-14-7-3-2-4-8-14)15-9-5-6-10-17(15)24-18/h2-10,13H,12H2,1H3/t13-/m0/s1. The van der Waals surface area contributed by atoms with Gasteiger partial charge in [-0.1, -0.05) is 36.4 Å². The minimum absolute atomic E-state index is 0.0641. The lowest BCUT2D eigenvalue weighted by Gasteiger charge is -2.08. The summed E-state index contributed by atoms with van der Waals surface area (Å²) < 4.78 is 16.4. The van der Waals surface area contributed by atoms with Gasteiger partial charge >= 0.3 is 5.97 Å². The second kappa shape index (κ2) is 6.88. The minimum atomic E-state index is -0.853. The summed E-state index contributed by atoms with van der Waals surface area (Å²) in [4.78, 5) is 12.3. The van der Waals surface area contributed by atoms with E-state index in [0.29, 0.717) is 16.9 Å². The molecule has 0 amide bonds. The molecule has 0 N–H and O–H groups in total. The highest BCUT2D eigenvalue weighted by Gasteiger charge is 2.23. The van der Waals surface area contributed by atoms with Crippen LogP contribution in [0.1, 0.15) is 23.0 Å². The summed E-state index contributed by atoms with van der Waals surface area (Å²) in [6.45, 7) is 1.66. The van der Waals surface area contributed by atoms with Crippen LogP contribution in [0.4, 0.5) is 0 Å². The van der Waals surface area contributed by atoms with Crippen molar-refractivity contribution < 1.29 is 18.7 Å². The molecule has 3 aromatic rings. The number of carbonyl (C=O) groups excluding carboxylic acids is 1. The first-order valence-corrected chi connectivity index (χ1v) is 7.48. The third-order valence-corrected chi connectivity index (χ3v) is 3.48. The third-order valence-electron chi connectivity index (χ3n) is 3.48. The van der Waals surface area contributed by atoms with Crippen LogP contribution in [0, 0.1) is 11.3 Å². The highest BCUT2D eigenvalue weighted by atomic mass is 16.6. The van der Waals surface area contributed by atoms with Crippen LogP contribution in [-0.2, 0) is 11.3 Å². The van der Waals surface area contributed by atoms with Gasteiger partial charge in [0.05, 0.1) is 5.56 Å². The second-order valence-electron chi connectivity index (χ2n) is 5.18. The summed E-state index contributed by atoms with van der Waals surface area (Å²) in [7, 11) is 0. The van der Waals surface area contributed by atoms with Crippen molar-refractivity contribution in [1.82, 2.24) is 0 Å². The van der Waals surface area contributed by atoms with E-state index in [2.05, 4.69) is 0 Å². The molecule has 1 atom stereocenters. The van der Waals surface area contributed by atoms with Crippen molar-refractivity contribution >= 4 is 16.9 Å². The first kappa shape index (κ1) is 15.6. The molecule has 0 unspecified atom stereocenters. The lowest BCUT2D eigenvalue weighted by Crippen LogP contribution is -2.14. The SMILES string of the molecule is C[C@@H](C#N)OC(=O)c1oc2ccccc2c1COc1ccccc1. The maximum Gasteiger partial charge on any atom is 0.376 e. The lowest BCUT2D eigenvalue weighted by molar-refractivity contribution is 0.0397. The lowest BCUT2D eigenvalue weighted by atomic mass is 10.1. The summed E-state index contributed by atoms with van der Waals surface area (Å²) in [5.41, 5.74) is 1.17. The van der Waals surface area contributed by atoms with Crippen molar-refractivity contribution in [2.45, 2.75) is 19.6 Å². The zero-order valence-corrected chi connectivity index (χ0v) is 13.1. The van der Waals surface area contributed by atoms with Gasteiger partial charge in [0.25, 0.3) is 0 Å². The summed E-state index contributed by atoms with van der Waals surface area (Å²) in [6.07, 6.45) is -0.853. The van der Waals surface area contributed by atoms with E-state index in [0.717, 1.165) is 5.39 Å². The fourth-order valence-corrected chi connectivity index (χ4v) is 2.32. The molecule has 0 aliphatic heterocycles. The summed E-state index contributed by atoms with van der Waals surface area (Å²) in [6, 6.07) is 18.5. The maximum atomic E-state index is 12.3. The van der Waals surface area contributed by atoms with E-state index in [-0.39, 0.29) is 12.4 Å². The second-order valence-corrected chi connectivity index (χ2v) is 5.18. The van der Waals surface area contributed by atoms with Crippen molar-refractivity contribution in [3.8, 4) is 11.8 Å². The first-order chi connectivity index (χ1) is 11.7. The molecular weight excluding hydrogens is 306 g/mol. The van der Waals surface area contributed by atoms with Crippen molar-refractivity contribution in [3.05, 3.63) is 65.9 Å². The molecule has 0 bridgehead atoms. The Labute approximate surface area is 139 Å². The molecule has 3 rings (SSSR count). The van der Waals surface area contributed by atoms with Crippen LogP contribution in [0.5, 0.6) is 5.75 Å². The average molecular weight is 321 g/mol. The number of furan rings is 1. The Kier molecular flexibility index (Phi) is 4.48. The topological polar surface area (TPSA) is 72.5 Å². The van der Waals surface area contributed by atoms with Gasteiger partial charge < -0.3 is 13.9 Å². The van der Waals surface area contributed by atoms with Crippen LogP contribution in [-0.4, -0.2) is 12.1 Å². The zero-order valence-electron chi connectivity index (χ0n) is 13.1. The molecule has 1 heterocycles. The molecule has 0 saturated carbocycles. The maximum absolute atomic E-state index is 12.3. The van der Waals surface area contributed by atoms with Crippen molar-refractivity contribution in [2.24, 2.45) is 0 Å². The van der Waals surface area contributed by atoms with Crippen LogP contribution in [0.3, 0.4) is 0 Å². The van der Waals surface area contributed by atoms with Gasteiger partial charge in [-0.3, -0.25) is 0 Å². The minimum Gasteiger partial charge on any atom is -0.489 e. The number of fused-ring (bicyclic) bond motifs is 1. The van der Waals surface area contributed by atoms with Crippen LogP contribution in [0.15, 0.2) is 59.0 Å². The number of para-hydroxylation sites is 2. The van der Waals surface area contributed by atoms with Gasteiger partial charge in [-0.2, -0.15) is 5.26 Å². The smallest absolute Gasteiger partial charge is 0.376 e. The van der Waals surface area contributed by atoms with Crippen molar-refractivity contribution in [1.29, 1.82) is 5.26 Å². The third kappa shape index (κ3) is 3.23. The molecule has 0 radical (unpaired) electrons. The largest absolute Gasteiger partial charge is 0.489 e. The fourth-order valence-electron chi connectivity index (χ4n) is 2.32. The number of esters is 1. The predicted octanol–water partition coefficient (Wildman–Crippen LogP) is 4.08. The van der Waals surface area contributed by atoms with Gasteiger partial charge in [-0.15, -0.1) is 0 Å². The van der Waals surface area contributed by atoms with Crippen molar-refractivity contribution in [3.63, 3.8) is 0 Å². The Bertz CT molecular complexity index is 893. The van der Waals surface area contributed by atoms with Crippen LogP contribution in [0.2, 0.25) is 0 Å². The normalized spacial score (nSPS) is 11.7. The van der Waals surface area contributed by atoms with Crippen LogP contribution >= 0.6 is 0 Å². The van der Waals surface area contributed by atoms with Gasteiger partial charge in [0.1, 0.15) is 24.0 Å². The molecule has 0 spiro atoms. The number of hydrogen-bond acceptors (Lipinski definition) is 5. The molecule has 0 aliphatic carbocycles. The molecular formula is C19H15NO4. The summed E-state index contributed by atoms with van der Waals surface area (Å²) >= 11 is 0. The Morgan fingerprint density at radius 3 is 2.62 bits per heavy atom. The first-order valence-electron chi connectivity index (χ1n) is 7.48. The molecule has 0 saturated heterocycles. The highest BCUT2D eigenvalue weighted by molar-refractivity contribution is 5.96. The Balaban J connectivity index is 1.93. The Hall–Kier alpha value is -3.26. The summed E-state index contributed by atoms with van der Waals surface area (Å²) in [5, 5.41) is 9.59. The van der Waals surface area contributed by atoms with E-state index in [9.17, 15) is 4.79 Å². The quantitative estimate of drug-likeness (QED) is 0.662. The van der Waals surface area contributed by atoms with Gasteiger partial charge in [0.15, 0.2) is 6.10 Å². The molecule has 24 heavy (non-hydrogen) atoms. The van der Waals surface area contributed by atoms with E-state index < -0.39 is 12.1 Å². The van der Waals surface area contributed by atoms with E-state index in [4.69, 9.17) is 19.2 Å². The molecule has 2 aromatic carbocycles. The molecule has 0 aliphatic rings. The van der Waals surface area contributed by atoms with Crippen LogP contribution in [0.25, 0.3) is 11.0 Å². The van der Waals surface area contributed by atoms with Gasteiger partial charge in [0.2, 0.25) is 5.76 Å². The van der Waals surface area contributed by atoms with E-state index in [1.54, 1.807) is 6.07 Å². The van der Waals surface area contributed by atoms with Crippen LogP contribution < -0.4 is 4.74 Å². The Morgan fingerprint density at radius 1 is 1.17 bits per heavy atom. The zero-order chi connectivity index (χ0) is 16.9. The predicted molar refractivity (Wildman–Crippen MR) is 87.5 cm³/mol. The van der Waals surface area contributed by atoms with Gasteiger partial charge in [0, 0.05) is 5.39 Å². The number of ether oxygens (including phenoxy) is 2. The molecule has 0 fully saturated rings. The average Bonchev–Trinajstić information content (AvgIpc) is 2.99. The Morgan fingerprint density at radius 2 is 1.88 bits per heavy atom. The van der Waals surface area contributed by atoms with E-state index >= 15 is 0 Å².